The second-order valence-electron chi connectivity index (χ2n) is 2.11. The van der Waals surface area contributed by atoms with E-state index in [1.165, 1.54) is 0 Å². The number of aliphatic hydroxyl groups is 1. The summed E-state index contributed by atoms with van der Waals surface area (Å²) in [6.07, 6.45) is 0. The number of rotatable bonds is 3. The lowest BCUT2D eigenvalue weighted by Crippen LogP contribution is -2.26. The summed E-state index contributed by atoms with van der Waals surface area (Å²) in [5.41, 5.74) is -0.628. The van der Waals surface area contributed by atoms with Crippen LogP contribution in [0, 0.1) is 0 Å². The molecule has 0 aromatic rings. The van der Waals surface area contributed by atoms with Crippen LogP contribution in [-0.2, 0) is 4.57 Å². The normalized spacial score (nSPS) is 16.2. The van der Waals surface area contributed by atoms with E-state index in [4.69, 9.17) is 58.0 Å². The maximum Gasteiger partial charge on any atom is 0.223 e. The Morgan fingerprint density at radius 1 is 1.25 bits per heavy atom. The van der Waals surface area contributed by atoms with Crippen molar-refractivity contribution in [1.82, 2.24) is 0 Å². The lowest BCUT2D eigenvalue weighted by Gasteiger charge is -2.25. The number of aliphatic hydroxyl groups excluding tert-OH is 1. The molecule has 0 aliphatic carbocycles. The van der Waals surface area contributed by atoms with Gasteiger partial charge in [0.1, 0.15) is 7.14 Å². The Bertz CT molecular complexity index is 182. The van der Waals surface area contributed by atoms with Crippen molar-refractivity contribution in [3.05, 3.63) is 0 Å². The molecule has 8 heteroatoms. The minimum Gasteiger partial charge on any atom is -0.381 e. The molecule has 0 aromatic heterocycles. The number of hydrogen-bond acceptors (Lipinski definition) is 2. The molecule has 1 atom stereocenters. The topological polar surface area (TPSA) is 37.3 Å². The van der Waals surface area contributed by atoms with Crippen LogP contribution in [0.5, 0.6) is 0 Å². The van der Waals surface area contributed by atoms with Crippen LogP contribution in [0.25, 0.3) is 0 Å². The van der Waals surface area contributed by atoms with Crippen LogP contribution in [0.3, 0.4) is 0 Å². The predicted octanol–water partition coefficient (Wildman–Crippen LogP) is 3.43. The van der Waals surface area contributed by atoms with Crippen LogP contribution in [0.1, 0.15) is 0 Å². The Morgan fingerprint density at radius 3 is 1.67 bits per heavy atom. The van der Waals surface area contributed by atoms with Crippen molar-refractivity contribution in [3.8, 4) is 0 Å². The number of halogens is 5. The summed E-state index contributed by atoms with van der Waals surface area (Å²) in [7, 11) is -3.20. The zero-order valence-corrected chi connectivity index (χ0v) is 10.4. The van der Waals surface area contributed by atoms with Crippen molar-refractivity contribution in [2.45, 2.75) is 9.64 Å². The first-order valence-electron chi connectivity index (χ1n) is 2.72. The van der Waals surface area contributed by atoms with Gasteiger partial charge in [0.25, 0.3) is 0 Å². The molecule has 0 spiro atoms. The van der Waals surface area contributed by atoms with Gasteiger partial charge in [0.2, 0.25) is 3.79 Å². The monoisotopic (exact) mass is 292 g/mol. The summed E-state index contributed by atoms with van der Waals surface area (Å²) >= 11 is 26.6. The van der Waals surface area contributed by atoms with E-state index >= 15 is 0 Å². The van der Waals surface area contributed by atoms with E-state index in [1.54, 1.807) is 0 Å². The molecule has 0 aromatic carbocycles. The van der Waals surface area contributed by atoms with Crippen LogP contribution in [0.15, 0.2) is 0 Å². The lowest BCUT2D eigenvalue weighted by molar-refractivity contribution is 0.252. The summed E-state index contributed by atoms with van der Waals surface area (Å²) in [6.45, 7) is 0. The van der Waals surface area contributed by atoms with Crippen molar-refractivity contribution in [2.24, 2.45) is 0 Å². The Hall–Kier alpha value is 1.64. The molecule has 0 rings (SSSR count). The second-order valence-corrected chi connectivity index (χ2v) is 8.78. The molecule has 2 nitrogen and oxygen atoms in total. The van der Waals surface area contributed by atoms with E-state index in [1.807, 2.05) is 0 Å². The fourth-order valence-electron chi connectivity index (χ4n) is 0.429. The minimum absolute atomic E-state index is 0.314. The first-order chi connectivity index (χ1) is 5.28. The van der Waals surface area contributed by atoms with Crippen molar-refractivity contribution in [1.29, 1.82) is 0 Å². The molecule has 1 N–H and O–H groups in total. The molecule has 0 bridgehead atoms. The van der Waals surface area contributed by atoms with Gasteiger partial charge in [-0.05, 0) is 0 Å². The maximum atomic E-state index is 11.5. The highest BCUT2D eigenvalue weighted by Crippen LogP contribution is 2.58. The van der Waals surface area contributed by atoms with E-state index < -0.39 is 16.8 Å². The molecule has 12 heavy (non-hydrogen) atoms. The molecule has 1 unspecified atom stereocenters. The maximum absolute atomic E-state index is 11.5. The van der Waals surface area contributed by atoms with Gasteiger partial charge in [0, 0.05) is 0 Å². The number of alkyl halides is 5. The zero-order chi connectivity index (χ0) is 9.99. The highest BCUT2D eigenvalue weighted by molar-refractivity contribution is 7.67. The zero-order valence-electron chi connectivity index (χ0n) is 5.68. The first kappa shape index (κ1) is 13.6. The third-order valence-corrected chi connectivity index (χ3v) is 6.74. The van der Waals surface area contributed by atoms with Gasteiger partial charge in [-0.25, -0.2) is 0 Å². The van der Waals surface area contributed by atoms with Crippen LogP contribution >= 0.6 is 65.1 Å². The van der Waals surface area contributed by atoms with Crippen LogP contribution in [-0.4, -0.2) is 26.0 Å². The molecule has 0 aliphatic rings. The molecule has 0 saturated heterocycles. The van der Waals surface area contributed by atoms with Gasteiger partial charge >= 0.3 is 0 Å². The summed E-state index contributed by atoms with van der Waals surface area (Å²) in [4.78, 5) is 0. The molecular weight excluding hydrogens is 288 g/mol. The summed E-state index contributed by atoms with van der Waals surface area (Å²) in [5, 5.41) is 9.28. The highest BCUT2D eigenvalue weighted by Gasteiger charge is 2.43. The van der Waals surface area contributed by atoms with Gasteiger partial charge in [-0.2, -0.15) is 0 Å². The van der Waals surface area contributed by atoms with Crippen LogP contribution in [0.4, 0.5) is 0 Å². The van der Waals surface area contributed by atoms with Crippen LogP contribution < -0.4 is 0 Å². The highest BCUT2D eigenvalue weighted by atomic mass is 35.6. The van der Waals surface area contributed by atoms with Gasteiger partial charge in [0.15, 0.2) is 5.85 Å². The summed E-state index contributed by atoms with van der Waals surface area (Å²) < 4.78 is 9.52. The molecule has 0 radical (unpaired) electrons. The SMILES string of the molecule is O=P(CCl)(CCl)C(O)C(Cl)(Cl)Cl. The van der Waals surface area contributed by atoms with E-state index in [2.05, 4.69) is 0 Å². The third-order valence-electron chi connectivity index (χ3n) is 1.14. The largest absolute Gasteiger partial charge is 0.381 e. The van der Waals surface area contributed by atoms with Crippen molar-refractivity contribution < 1.29 is 9.67 Å². The second kappa shape index (κ2) is 4.93. The van der Waals surface area contributed by atoms with E-state index in [0.717, 1.165) is 0 Å². The van der Waals surface area contributed by atoms with E-state index in [0.29, 0.717) is 0 Å². The fourth-order valence-corrected chi connectivity index (χ4v) is 4.44. The van der Waals surface area contributed by atoms with E-state index in [-0.39, 0.29) is 11.2 Å². The Labute approximate surface area is 95.4 Å². The molecule has 0 amide bonds. The summed E-state index contributed by atoms with van der Waals surface area (Å²) in [5.74, 6) is -1.62. The Kier molecular flexibility index (Phi) is 5.60. The minimum atomic E-state index is -3.20. The van der Waals surface area contributed by atoms with Crippen molar-refractivity contribution in [3.63, 3.8) is 0 Å². The first-order valence-corrected chi connectivity index (χ1v) is 7.07. The van der Waals surface area contributed by atoms with Crippen molar-refractivity contribution >= 4 is 65.1 Å². The predicted molar refractivity (Wildman–Crippen MR) is 55.3 cm³/mol. The van der Waals surface area contributed by atoms with Crippen LogP contribution in [0.2, 0.25) is 0 Å². The molecule has 0 heterocycles. The molecule has 0 aliphatic heterocycles. The lowest BCUT2D eigenvalue weighted by atomic mass is 10.8. The molecule has 0 saturated carbocycles. The smallest absolute Gasteiger partial charge is 0.223 e. The standard InChI is InChI=1S/C4H6Cl5O2P/c5-1-12(11,2-6)3(10)4(7,8)9/h3,10H,1-2H2. The van der Waals surface area contributed by atoms with E-state index in [9.17, 15) is 9.67 Å². The van der Waals surface area contributed by atoms with Gasteiger partial charge in [0.05, 0.1) is 11.2 Å². The fraction of sp³-hybridized carbons (Fsp3) is 1.00. The molecule has 74 valence electrons. The average Bonchev–Trinajstić information content (AvgIpc) is 2.00. The Morgan fingerprint density at radius 2 is 1.58 bits per heavy atom. The molecular formula is C4H6Cl5O2P. The number of hydrogen-bond donors (Lipinski definition) is 1. The molecule has 0 fully saturated rings. The Balaban J connectivity index is 4.66. The quantitative estimate of drug-likeness (QED) is 0.639. The van der Waals surface area contributed by atoms with Crippen molar-refractivity contribution in [2.75, 3.05) is 11.2 Å². The van der Waals surface area contributed by atoms with Gasteiger partial charge in [-0.1, -0.05) is 34.8 Å². The van der Waals surface area contributed by atoms with Gasteiger partial charge in [-0.15, -0.1) is 23.2 Å². The summed E-state index contributed by atoms with van der Waals surface area (Å²) in [6, 6.07) is 0. The van der Waals surface area contributed by atoms with Gasteiger partial charge in [-0.3, -0.25) is 0 Å². The van der Waals surface area contributed by atoms with Gasteiger partial charge < -0.3 is 9.67 Å². The third kappa shape index (κ3) is 3.42. The average molecular weight is 294 g/mol.